The molecule has 1 heterocycles. The zero-order valence-corrected chi connectivity index (χ0v) is 20.2. The largest absolute Gasteiger partial charge is 0.458 e. The number of nitrogens with zero attached hydrogens (tertiary/aromatic N) is 2. The van der Waals surface area contributed by atoms with E-state index >= 15 is 0 Å². The molecule has 1 saturated heterocycles. The Hall–Kier alpha value is -2.04. The van der Waals surface area contributed by atoms with E-state index in [2.05, 4.69) is 77.4 Å². The zero-order valence-electron chi connectivity index (χ0n) is 19.4. The van der Waals surface area contributed by atoms with Gasteiger partial charge in [-0.05, 0) is 37.0 Å². The van der Waals surface area contributed by atoms with Crippen molar-refractivity contribution in [2.75, 3.05) is 37.6 Å². The Balaban J connectivity index is 0.00000289. The van der Waals surface area contributed by atoms with Crippen molar-refractivity contribution in [3.8, 4) is 0 Å². The van der Waals surface area contributed by atoms with Gasteiger partial charge >= 0.3 is 5.97 Å². The SMILES string of the molecule is CC(=O)OC1(C(C)CN2CCN(c3ccccc3)CC2)CCCCC1c1ccccc1.Cl. The second-order valence-corrected chi connectivity index (χ2v) is 9.28. The predicted octanol–water partition coefficient (Wildman–Crippen LogP) is 5.53. The molecule has 0 radical (unpaired) electrons. The maximum atomic E-state index is 12.2. The van der Waals surface area contributed by atoms with Gasteiger partial charge in [0.1, 0.15) is 5.60 Å². The van der Waals surface area contributed by atoms with Gasteiger partial charge < -0.3 is 9.64 Å². The molecule has 2 fully saturated rings. The normalized spacial score (nSPS) is 24.9. The lowest BCUT2D eigenvalue weighted by Gasteiger charge is -2.49. The Morgan fingerprint density at radius 3 is 2.25 bits per heavy atom. The van der Waals surface area contributed by atoms with Crippen LogP contribution in [0.25, 0.3) is 0 Å². The molecule has 1 saturated carbocycles. The summed E-state index contributed by atoms with van der Waals surface area (Å²) in [4.78, 5) is 17.3. The molecule has 174 valence electrons. The lowest BCUT2D eigenvalue weighted by atomic mass is 9.66. The lowest BCUT2D eigenvalue weighted by Crippen LogP contribution is -2.54. The van der Waals surface area contributed by atoms with Crippen LogP contribution in [0.2, 0.25) is 0 Å². The number of hydrogen-bond donors (Lipinski definition) is 0. The zero-order chi connectivity index (χ0) is 21.7. The molecule has 5 heteroatoms. The van der Waals surface area contributed by atoms with Crippen LogP contribution in [0.3, 0.4) is 0 Å². The van der Waals surface area contributed by atoms with Crippen LogP contribution >= 0.6 is 12.4 Å². The van der Waals surface area contributed by atoms with Crippen molar-refractivity contribution >= 4 is 24.1 Å². The quantitative estimate of drug-likeness (QED) is 0.535. The highest BCUT2D eigenvalue weighted by atomic mass is 35.5. The summed E-state index contributed by atoms with van der Waals surface area (Å²) in [6.45, 7) is 9.02. The smallest absolute Gasteiger partial charge is 0.303 e. The summed E-state index contributed by atoms with van der Waals surface area (Å²) in [5.41, 5.74) is 2.20. The minimum atomic E-state index is -0.415. The first-order chi connectivity index (χ1) is 15.1. The topological polar surface area (TPSA) is 32.8 Å². The standard InChI is InChI=1S/C27H36N2O2.ClH/c1-22(21-28-17-19-29(20-18-28)25-13-7-4-8-14-25)27(31-23(2)30)16-10-9-15-26(27)24-11-5-3-6-12-24;/h3-8,11-14,22,26H,9-10,15-21H2,1-2H3;1H. The van der Waals surface area contributed by atoms with E-state index in [1.165, 1.54) is 17.7 Å². The van der Waals surface area contributed by atoms with Crippen molar-refractivity contribution in [3.05, 3.63) is 66.2 Å². The molecule has 0 spiro atoms. The van der Waals surface area contributed by atoms with Gasteiger partial charge in [0.15, 0.2) is 0 Å². The second kappa shape index (κ2) is 11.2. The summed E-state index contributed by atoms with van der Waals surface area (Å²) in [6.07, 6.45) is 4.37. The fourth-order valence-electron chi connectivity index (χ4n) is 5.75. The van der Waals surface area contributed by atoms with Crippen molar-refractivity contribution in [3.63, 3.8) is 0 Å². The number of para-hydroxylation sites is 1. The van der Waals surface area contributed by atoms with Gasteiger partial charge in [-0.3, -0.25) is 9.69 Å². The van der Waals surface area contributed by atoms with Crippen LogP contribution in [-0.2, 0) is 9.53 Å². The maximum Gasteiger partial charge on any atom is 0.303 e. The minimum absolute atomic E-state index is 0. The number of halogens is 1. The van der Waals surface area contributed by atoms with Crippen molar-refractivity contribution < 1.29 is 9.53 Å². The number of ether oxygens (including phenoxy) is 1. The third-order valence-corrected chi connectivity index (χ3v) is 7.30. The van der Waals surface area contributed by atoms with Crippen molar-refractivity contribution in [2.45, 2.75) is 51.0 Å². The highest BCUT2D eigenvalue weighted by Gasteiger charge is 2.48. The fourth-order valence-corrected chi connectivity index (χ4v) is 5.75. The summed E-state index contributed by atoms with van der Waals surface area (Å²) >= 11 is 0. The number of rotatable bonds is 6. The van der Waals surface area contributed by atoms with Crippen molar-refractivity contribution in [1.29, 1.82) is 0 Å². The Morgan fingerprint density at radius 1 is 1.00 bits per heavy atom. The van der Waals surface area contributed by atoms with Crippen LogP contribution in [0, 0.1) is 5.92 Å². The fraction of sp³-hybridized carbons (Fsp3) is 0.519. The van der Waals surface area contributed by atoms with Gasteiger partial charge in [0.05, 0.1) is 0 Å². The van der Waals surface area contributed by atoms with Gasteiger partial charge in [-0.2, -0.15) is 0 Å². The van der Waals surface area contributed by atoms with E-state index in [9.17, 15) is 4.79 Å². The molecule has 0 aromatic heterocycles. The summed E-state index contributed by atoms with van der Waals surface area (Å²) in [6, 6.07) is 21.4. The van der Waals surface area contributed by atoms with Crippen LogP contribution in [-0.4, -0.2) is 49.2 Å². The number of carbonyl (C=O) groups excluding carboxylic acids is 1. The summed E-state index contributed by atoms with van der Waals surface area (Å²) in [7, 11) is 0. The van der Waals surface area contributed by atoms with E-state index in [1.54, 1.807) is 6.92 Å². The van der Waals surface area contributed by atoms with Crippen LogP contribution in [0.5, 0.6) is 0 Å². The van der Waals surface area contributed by atoms with Crippen LogP contribution in [0.15, 0.2) is 60.7 Å². The molecule has 2 aromatic rings. The Bertz CT molecular complexity index is 839. The molecule has 1 aliphatic carbocycles. The molecule has 32 heavy (non-hydrogen) atoms. The van der Waals surface area contributed by atoms with E-state index in [0.29, 0.717) is 0 Å². The van der Waals surface area contributed by atoms with E-state index in [1.807, 2.05) is 0 Å². The van der Waals surface area contributed by atoms with E-state index < -0.39 is 5.60 Å². The highest BCUT2D eigenvalue weighted by Crippen LogP contribution is 2.48. The summed E-state index contributed by atoms with van der Waals surface area (Å²) < 4.78 is 6.26. The minimum Gasteiger partial charge on any atom is -0.458 e. The third-order valence-electron chi connectivity index (χ3n) is 7.30. The van der Waals surface area contributed by atoms with Crippen LogP contribution in [0.1, 0.15) is 51.0 Å². The molecule has 0 bridgehead atoms. The first-order valence-electron chi connectivity index (χ1n) is 11.9. The molecule has 0 N–H and O–H groups in total. The first-order valence-corrected chi connectivity index (χ1v) is 11.9. The van der Waals surface area contributed by atoms with Crippen molar-refractivity contribution in [1.82, 2.24) is 4.90 Å². The Labute approximate surface area is 199 Å². The second-order valence-electron chi connectivity index (χ2n) is 9.28. The van der Waals surface area contributed by atoms with Gasteiger partial charge in [0.25, 0.3) is 0 Å². The number of carbonyl (C=O) groups is 1. The molecule has 3 unspecified atom stereocenters. The molecule has 4 rings (SSSR count). The van der Waals surface area contributed by atoms with Gasteiger partial charge in [-0.25, -0.2) is 0 Å². The summed E-state index contributed by atoms with van der Waals surface area (Å²) in [5.74, 6) is 0.403. The van der Waals surface area contributed by atoms with Gasteiger partial charge in [-0.15, -0.1) is 12.4 Å². The monoisotopic (exact) mass is 456 g/mol. The molecular formula is C27H37ClN2O2. The number of anilines is 1. The van der Waals surface area contributed by atoms with Gasteiger partial charge in [0.2, 0.25) is 0 Å². The van der Waals surface area contributed by atoms with Crippen molar-refractivity contribution in [2.24, 2.45) is 5.92 Å². The van der Waals surface area contributed by atoms with E-state index in [4.69, 9.17) is 4.74 Å². The average Bonchev–Trinajstić information content (AvgIpc) is 2.80. The molecular weight excluding hydrogens is 420 g/mol. The molecule has 1 aliphatic heterocycles. The maximum absolute atomic E-state index is 12.2. The molecule has 2 aromatic carbocycles. The molecule has 2 aliphatic rings. The average molecular weight is 457 g/mol. The van der Waals surface area contributed by atoms with Gasteiger partial charge in [0, 0.05) is 57.2 Å². The number of piperazine rings is 1. The molecule has 4 nitrogen and oxygen atoms in total. The van der Waals surface area contributed by atoms with E-state index in [-0.39, 0.29) is 30.2 Å². The third kappa shape index (κ3) is 5.47. The highest BCUT2D eigenvalue weighted by molar-refractivity contribution is 5.85. The predicted molar refractivity (Wildman–Crippen MR) is 134 cm³/mol. The van der Waals surface area contributed by atoms with Gasteiger partial charge in [-0.1, -0.05) is 61.9 Å². The number of benzene rings is 2. The summed E-state index contributed by atoms with van der Waals surface area (Å²) in [5, 5.41) is 0. The molecule has 0 amide bonds. The first kappa shape index (κ1) is 24.6. The number of hydrogen-bond acceptors (Lipinski definition) is 4. The van der Waals surface area contributed by atoms with E-state index in [0.717, 1.165) is 52.0 Å². The Morgan fingerprint density at radius 2 is 1.62 bits per heavy atom. The lowest BCUT2D eigenvalue weighted by molar-refractivity contribution is -0.172. The molecule has 3 atom stereocenters. The number of esters is 1. The van der Waals surface area contributed by atoms with Crippen LogP contribution < -0.4 is 4.90 Å². The van der Waals surface area contributed by atoms with Crippen LogP contribution in [0.4, 0.5) is 5.69 Å². The Kier molecular flexibility index (Phi) is 8.61.